The van der Waals surface area contributed by atoms with E-state index in [1.165, 1.54) is 6.26 Å². The largest absolute Gasteiger partial charge is 0.315 e. The number of hydrogen-bond acceptors (Lipinski definition) is 3. The first kappa shape index (κ1) is 7.02. The third kappa shape index (κ3) is 1.66. The van der Waals surface area contributed by atoms with Gasteiger partial charge in [-0.15, -0.1) is 0 Å². The van der Waals surface area contributed by atoms with Crippen molar-refractivity contribution in [3.05, 3.63) is 0 Å². The lowest BCUT2D eigenvalue weighted by Gasteiger charge is -2.02. The van der Waals surface area contributed by atoms with Crippen LogP contribution in [0.5, 0.6) is 0 Å². The molecule has 1 heterocycles. The Morgan fingerprint density at radius 1 is 1.56 bits per heavy atom. The molecule has 0 aromatic heterocycles. The lowest BCUT2D eigenvalue weighted by molar-refractivity contribution is 0.589. The van der Waals surface area contributed by atoms with Crippen molar-refractivity contribution in [1.29, 1.82) is 0 Å². The van der Waals surface area contributed by atoms with Crippen LogP contribution in [-0.4, -0.2) is 33.0 Å². The third-order valence-corrected chi connectivity index (χ3v) is 3.23. The van der Waals surface area contributed by atoms with Gasteiger partial charge in [-0.2, -0.15) is 0 Å². The van der Waals surface area contributed by atoms with Crippen molar-refractivity contribution >= 4 is 9.84 Å². The molecule has 9 heavy (non-hydrogen) atoms. The molecule has 0 aromatic carbocycles. The van der Waals surface area contributed by atoms with Crippen molar-refractivity contribution in [2.45, 2.75) is 11.7 Å². The summed E-state index contributed by atoms with van der Waals surface area (Å²) in [5.41, 5.74) is 0. The predicted octanol–water partition coefficient (Wildman–Crippen LogP) is -0.607. The average molecular weight is 149 g/mol. The number of sulfone groups is 1. The van der Waals surface area contributed by atoms with Crippen molar-refractivity contribution in [3.8, 4) is 0 Å². The van der Waals surface area contributed by atoms with Crippen LogP contribution in [0.4, 0.5) is 0 Å². The van der Waals surface area contributed by atoms with Gasteiger partial charge in [-0.25, -0.2) is 8.42 Å². The van der Waals surface area contributed by atoms with Crippen molar-refractivity contribution in [1.82, 2.24) is 5.32 Å². The summed E-state index contributed by atoms with van der Waals surface area (Å²) in [5, 5.41) is 2.87. The normalized spacial score (nSPS) is 28.8. The van der Waals surface area contributed by atoms with Crippen molar-refractivity contribution < 1.29 is 8.42 Å². The van der Waals surface area contributed by atoms with Gasteiger partial charge in [-0.05, 0) is 13.0 Å². The topological polar surface area (TPSA) is 46.2 Å². The molecule has 1 aliphatic rings. The van der Waals surface area contributed by atoms with Crippen LogP contribution in [0.2, 0.25) is 0 Å². The molecule has 54 valence electrons. The fourth-order valence-electron chi connectivity index (χ4n) is 0.994. The Bertz CT molecular complexity index is 179. The van der Waals surface area contributed by atoms with E-state index in [0.717, 1.165) is 13.0 Å². The highest BCUT2D eigenvalue weighted by Crippen LogP contribution is 2.06. The van der Waals surface area contributed by atoms with E-state index in [9.17, 15) is 8.42 Å². The molecule has 0 spiro atoms. The van der Waals surface area contributed by atoms with Crippen molar-refractivity contribution in [3.63, 3.8) is 0 Å². The molecule has 1 N–H and O–H groups in total. The molecule has 1 atom stereocenters. The first-order valence-corrected chi connectivity index (χ1v) is 4.96. The highest BCUT2D eigenvalue weighted by atomic mass is 32.2. The van der Waals surface area contributed by atoms with Gasteiger partial charge in [0.05, 0.1) is 5.25 Å². The summed E-state index contributed by atoms with van der Waals surface area (Å²) in [5.74, 6) is 0. The average Bonchev–Trinajstić information content (AvgIpc) is 2.08. The van der Waals surface area contributed by atoms with Crippen LogP contribution in [0.1, 0.15) is 6.42 Å². The zero-order chi connectivity index (χ0) is 6.91. The number of hydrogen-bond donors (Lipinski definition) is 1. The van der Waals surface area contributed by atoms with Crippen LogP contribution in [-0.2, 0) is 9.84 Å². The SMILES string of the molecule is CS(=O)(=O)[C@@H]1CCNC1. The van der Waals surface area contributed by atoms with Crippen LogP contribution >= 0.6 is 0 Å². The molecule has 0 bridgehead atoms. The molecule has 0 radical (unpaired) electrons. The maximum atomic E-state index is 10.8. The predicted molar refractivity (Wildman–Crippen MR) is 36.1 cm³/mol. The Labute approximate surface area is 55.4 Å². The summed E-state index contributed by atoms with van der Waals surface area (Å²) < 4.78 is 21.6. The monoisotopic (exact) mass is 149 g/mol. The molecular weight excluding hydrogens is 138 g/mol. The van der Waals surface area contributed by atoms with Gasteiger partial charge in [-0.1, -0.05) is 0 Å². The molecular formula is C5H11NO2S. The van der Waals surface area contributed by atoms with Gasteiger partial charge in [0.2, 0.25) is 0 Å². The van der Waals surface area contributed by atoms with Gasteiger partial charge in [0.15, 0.2) is 9.84 Å². The molecule has 1 saturated heterocycles. The van der Waals surface area contributed by atoms with E-state index in [0.29, 0.717) is 6.54 Å². The Balaban J connectivity index is 2.63. The Hall–Kier alpha value is -0.0900. The van der Waals surface area contributed by atoms with E-state index >= 15 is 0 Å². The molecule has 4 heteroatoms. The minimum Gasteiger partial charge on any atom is -0.315 e. The minimum absolute atomic E-state index is 0.127. The van der Waals surface area contributed by atoms with Gasteiger partial charge < -0.3 is 5.32 Å². The quantitative estimate of drug-likeness (QED) is 0.541. The first-order chi connectivity index (χ1) is 4.11. The number of rotatable bonds is 1. The van der Waals surface area contributed by atoms with Crippen LogP contribution in [0.25, 0.3) is 0 Å². The molecule has 3 nitrogen and oxygen atoms in total. The van der Waals surface area contributed by atoms with Gasteiger partial charge in [-0.3, -0.25) is 0 Å². The fraction of sp³-hybridized carbons (Fsp3) is 1.00. The zero-order valence-electron chi connectivity index (χ0n) is 5.42. The van der Waals surface area contributed by atoms with E-state index in [1.54, 1.807) is 0 Å². The zero-order valence-corrected chi connectivity index (χ0v) is 6.24. The molecule has 1 rings (SSSR count). The minimum atomic E-state index is -2.77. The second-order valence-corrected chi connectivity index (χ2v) is 4.77. The maximum Gasteiger partial charge on any atom is 0.151 e. The summed E-state index contributed by atoms with van der Waals surface area (Å²) >= 11 is 0. The van der Waals surface area contributed by atoms with E-state index in [1.807, 2.05) is 0 Å². The van der Waals surface area contributed by atoms with E-state index < -0.39 is 9.84 Å². The van der Waals surface area contributed by atoms with Crippen LogP contribution in [0.15, 0.2) is 0 Å². The van der Waals surface area contributed by atoms with Gasteiger partial charge in [0.25, 0.3) is 0 Å². The second kappa shape index (κ2) is 2.27. The molecule has 0 unspecified atom stereocenters. The summed E-state index contributed by atoms with van der Waals surface area (Å²) in [6, 6.07) is 0. The number of nitrogens with one attached hydrogen (secondary N) is 1. The Morgan fingerprint density at radius 3 is 2.44 bits per heavy atom. The van der Waals surface area contributed by atoms with Gasteiger partial charge in [0, 0.05) is 12.8 Å². The summed E-state index contributed by atoms with van der Waals surface area (Å²) in [6.45, 7) is 1.48. The third-order valence-electron chi connectivity index (χ3n) is 1.62. The highest BCUT2D eigenvalue weighted by Gasteiger charge is 2.23. The molecule has 0 aliphatic carbocycles. The standard InChI is InChI=1S/C5H11NO2S/c1-9(7,8)5-2-3-6-4-5/h5-6H,2-4H2,1H3/t5-/m1/s1. The van der Waals surface area contributed by atoms with Crippen LogP contribution in [0.3, 0.4) is 0 Å². The van der Waals surface area contributed by atoms with Gasteiger partial charge >= 0.3 is 0 Å². The summed E-state index contributed by atoms with van der Waals surface area (Å²) in [6.07, 6.45) is 2.07. The second-order valence-electron chi connectivity index (χ2n) is 2.44. The van der Waals surface area contributed by atoms with E-state index in [2.05, 4.69) is 5.32 Å². The van der Waals surface area contributed by atoms with E-state index in [4.69, 9.17) is 0 Å². The van der Waals surface area contributed by atoms with Crippen molar-refractivity contribution in [2.75, 3.05) is 19.3 Å². The lowest BCUT2D eigenvalue weighted by atomic mass is 10.4. The van der Waals surface area contributed by atoms with Crippen molar-refractivity contribution in [2.24, 2.45) is 0 Å². The molecule has 0 aromatic rings. The van der Waals surface area contributed by atoms with Crippen LogP contribution < -0.4 is 5.32 Å². The Kier molecular flexibility index (Phi) is 1.77. The van der Waals surface area contributed by atoms with Gasteiger partial charge in [0.1, 0.15) is 0 Å². The molecule has 0 amide bonds. The molecule has 0 saturated carbocycles. The summed E-state index contributed by atoms with van der Waals surface area (Å²) in [4.78, 5) is 0. The first-order valence-electron chi connectivity index (χ1n) is 3.00. The summed E-state index contributed by atoms with van der Waals surface area (Å²) in [7, 11) is -2.77. The maximum absolute atomic E-state index is 10.8. The lowest BCUT2D eigenvalue weighted by Crippen LogP contribution is -2.22. The van der Waals surface area contributed by atoms with E-state index in [-0.39, 0.29) is 5.25 Å². The molecule has 1 fully saturated rings. The highest BCUT2D eigenvalue weighted by molar-refractivity contribution is 7.91. The fourth-order valence-corrected chi connectivity index (χ4v) is 1.96. The van der Waals surface area contributed by atoms with Crippen LogP contribution in [0, 0.1) is 0 Å². The molecule has 1 aliphatic heterocycles. The smallest absolute Gasteiger partial charge is 0.151 e. The Morgan fingerprint density at radius 2 is 2.22 bits per heavy atom.